The third-order valence-electron chi connectivity index (χ3n) is 3.14. The lowest BCUT2D eigenvalue weighted by molar-refractivity contribution is -0.384. The first-order valence-electron chi connectivity index (χ1n) is 6.88. The zero-order chi connectivity index (χ0) is 16.2. The fourth-order valence-electron chi connectivity index (χ4n) is 2.33. The minimum atomic E-state index is -0.974. The number of rotatable bonds is 6. The highest BCUT2D eigenvalue weighted by Gasteiger charge is 2.23. The number of nitrogens with one attached hydrogen (secondary N) is 1. The van der Waals surface area contributed by atoms with Crippen LogP contribution in [0.3, 0.4) is 0 Å². The molecule has 21 heavy (non-hydrogen) atoms. The number of carbonyl (C=O) groups is 1. The molecule has 0 aliphatic heterocycles. The van der Waals surface area contributed by atoms with E-state index < -0.39 is 10.5 Å². The Hall–Kier alpha value is -1.95. The van der Waals surface area contributed by atoms with Gasteiger partial charge in [-0.25, -0.2) is 0 Å². The second kappa shape index (κ2) is 6.67. The lowest BCUT2D eigenvalue weighted by Gasteiger charge is -2.25. The van der Waals surface area contributed by atoms with Crippen LogP contribution in [0.15, 0.2) is 18.2 Å². The summed E-state index contributed by atoms with van der Waals surface area (Å²) < 4.78 is 0. The van der Waals surface area contributed by atoms with Gasteiger partial charge in [-0.1, -0.05) is 13.8 Å². The Balaban J connectivity index is 2.74. The van der Waals surface area contributed by atoms with Gasteiger partial charge in [0.25, 0.3) is 11.6 Å². The largest absolute Gasteiger partial charge is 0.388 e. The Morgan fingerprint density at radius 3 is 2.57 bits per heavy atom. The number of aliphatic hydroxyl groups is 1. The Kier molecular flexibility index (Phi) is 5.43. The molecule has 1 amide bonds. The van der Waals surface area contributed by atoms with Crippen LogP contribution in [-0.2, 0) is 0 Å². The first-order valence-corrected chi connectivity index (χ1v) is 6.88. The average molecular weight is 294 g/mol. The van der Waals surface area contributed by atoms with Crippen LogP contribution in [0.4, 0.5) is 5.69 Å². The van der Waals surface area contributed by atoms with E-state index in [0.29, 0.717) is 23.5 Å². The van der Waals surface area contributed by atoms with Gasteiger partial charge in [0, 0.05) is 24.2 Å². The SMILES string of the molecule is Cc1cc([N+](=O)[O-])ccc1C(=O)NCC(C)(O)CC(C)C. The van der Waals surface area contributed by atoms with Crippen LogP contribution < -0.4 is 5.32 Å². The molecule has 0 saturated carbocycles. The summed E-state index contributed by atoms with van der Waals surface area (Å²) in [6, 6.07) is 4.09. The lowest BCUT2D eigenvalue weighted by Crippen LogP contribution is -2.41. The number of amides is 1. The molecule has 1 rings (SSSR count). The number of nitro benzene ring substituents is 1. The monoisotopic (exact) mass is 294 g/mol. The van der Waals surface area contributed by atoms with Crippen molar-refractivity contribution < 1.29 is 14.8 Å². The molecule has 1 atom stereocenters. The number of nitrogens with zero attached hydrogens (tertiary/aromatic N) is 1. The summed E-state index contributed by atoms with van der Waals surface area (Å²) >= 11 is 0. The van der Waals surface area contributed by atoms with Crippen molar-refractivity contribution in [1.82, 2.24) is 5.32 Å². The molecule has 6 nitrogen and oxygen atoms in total. The number of non-ortho nitro benzene ring substituents is 1. The number of aryl methyl sites for hydroxylation is 1. The van der Waals surface area contributed by atoms with Crippen LogP contribution in [-0.4, -0.2) is 28.1 Å². The van der Waals surface area contributed by atoms with Crippen LogP contribution in [0.25, 0.3) is 0 Å². The summed E-state index contributed by atoms with van der Waals surface area (Å²) in [5, 5.41) is 23.5. The zero-order valence-electron chi connectivity index (χ0n) is 12.8. The molecule has 0 aliphatic carbocycles. The predicted octanol–water partition coefficient (Wildman–Crippen LogP) is 2.43. The van der Waals surface area contributed by atoms with Crippen molar-refractivity contribution in [3.8, 4) is 0 Å². The third-order valence-corrected chi connectivity index (χ3v) is 3.14. The van der Waals surface area contributed by atoms with E-state index in [2.05, 4.69) is 5.32 Å². The van der Waals surface area contributed by atoms with E-state index in [-0.39, 0.29) is 18.1 Å². The zero-order valence-corrected chi connectivity index (χ0v) is 12.8. The normalized spacial score (nSPS) is 13.8. The molecule has 1 aromatic rings. The molecule has 0 aliphatic rings. The third kappa shape index (κ3) is 5.15. The number of carbonyl (C=O) groups excluding carboxylic acids is 1. The number of benzene rings is 1. The van der Waals surface area contributed by atoms with Crippen LogP contribution in [0.5, 0.6) is 0 Å². The van der Waals surface area contributed by atoms with E-state index in [1.807, 2.05) is 13.8 Å². The molecule has 2 N–H and O–H groups in total. The molecule has 0 saturated heterocycles. The molecule has 1 aromatic carbocycles. The molecule has 0 bridgehead atoms. The quantitative estimate of drug-likeness (QED) is 0.622. The molecule has 6 heteroatoms. The standard InChI is InChI=1S/C15H22N2O4/c1-10(2)8-15(4,19)9-16-14(18)13-6-5-12(17(20)21)7-11(13)3/h5-7,10,19H,8-9H2,1-4H3,(H,16,18). The van der Waals surface area contributed by atoms with E-state index >= 15 is 0 Å². The van der Waals surface area contributed by atoms with Gasteiger partial charge in [-0.2, -0.15) is 0 Å². The summed E-state index contributed by atoms with van der Waals surface area (Å²) in [6.07, 6.45) is 0.576. The van der Waals surface area contributed by atoms with Crippen molar-refractivity contribution in [2.45, 2.75) is 39.7 Å². The predicted molar refractivity (Wildman–Crippen MR) is 80.2 cm³/mol. The summed E-state index contributed by atoms with van der Waals surface area (Å²) in [6.45, 7) is 7.46. The molecule has 116 valence electrons. The summed E-state index contributed by atoms with van der Waals surface area (Å²) in [5.74, 6) is -0.0237. The number of hydrogen-bond donors (Lipinski definition) is 2. The maximum absolute atomic E-state index is 12.1. The Bertz CT molecular complexity index is 538. The smallest absolute Gasteiger partial charge is 0.269 e. The van der Waals surface area contributed by atoms with Gasteiger partial charge in [-0.05, 0) is 37.8 Å². The average Bonchev–Trinajstić information content (AvgIpc) is 2.34. The Morgan fingerprint density at radius 2 is 2.10 bits per heavy atom. The number of hydrogen-bond acceptors (Lipinski definition) is 4. The highest BCUT2D eigenvalue weighted by Crippen LogP contribution is 2.18. The fraction of sp³-hybridized carbons (Fsp3) is 0.533. The van der Waals surface area contributed by atoms with Crippen LogP contribution in [0.2, 0.25) is 0 Å². The van der Waals surface area contributed by atoms with Crippen molar-refractivity contribution in [2.75, 3.05) is 6.54 Å². The Labute approximate surface area is 124 Å². The molecular formula is C15H22N2O4. The molecule has 0 spiro atoms. The highest BCUT2D eigenvalue weighted by molar-refractivity contribution is 5.95. The van der Waals surface area contributed by atoms with Gasteiger partial charge in [-0.15, -0.1) is 0 Å². The van der Waals surface area contributed by atoms with Gasteiger partial charge in [0.05, 0.1) is 10.5 Å². The van der Waals surface area contributed by atoms with Gasteiger partial charge >= 0.3 is 0 Å². The molecule has 0 heterocycles. The molecular weight excluding hydrogens is 272 g/mol. The number of nitro groups is 1. The first-order chi connectivity index (χ1) is 9.62. The maximum atomic E-state index is 12.1. The van der Waals surface area contributed by atoms with Gasteiger partial charge in [0.2, 0.25) is 0 Å². The van der Waals surface area contributed by atoms with E-state index in [1.54, 1.807) is 13.8 Å². The van der Waals surface area contributed by atoms with Gasteiger partial charge in [0.15, 0.2) is 0 Å². The lowest BCUT2D eigenvalue weighted by atomic mass is 9.94. The van der Waals surface area contributed by atoms with Crippen LogP contribution >= 0.6 is 0 Å². The van der Waals surface area contributed by atoms with Crippen molar-refractivity contribution in [3.05, 3.63) is 39.4 Å². The maximum Gasteiger partial charge on any atom is 0.269 e. The topological polar surface area (TPSA) is 92.5 Å². The molecule has 0 radical (unpaired) electrons. The summed E-state index contributed by atoms with van der Waals surface area (Å²) in [4.78, 5) is 22.3. The Morgan fingerprint density at radius 1 is 1.48 bits per heavy atom. The van der Waals surface area contributed by atoms with E-state index in [4.69, 9.17) is 0 Å². The van der Waals surface area contributed by atoms with Crippen LogP contribution in [0, 0.1) is 23.0 Å². The van der Waals surface area contributed by atoms with Gasteiger partial charge < -0.3 is 10.4 Å². The van der Waals surface area contributed by atoms with Crippen LogP contribution in [0.1, 0.15) is 43.1 Å². The minimum Gasteiger partial charge on any atom is -0.388 e. The summed E-state index contributed by atoms with van der Waals surface area (Å²) in [5.41, 5.74) is -0.111. The highest BCUT2D eigenvalue weighted by atomic mass is 16.6. The second-order valence-electron chi connectivity index (χ2n) is 6.03. The van der Waals surface area contributed by atoms with Crippen molar-refractivity contribution in [1.29, 1.82) is 0 Å². The first kappa shape index (κ1) is 17.1. The van der Waals surface area contributed by atoms with Crippen molar-refractivity contribution in [2.24, 2.45) is 5.92 Å². The van der Waals surface area contributed by atoms with Gasteiger partial charge in [-0.3, -0.25) is 14.9 Å². The van der Waals surface area contributed by atoms with Crippen molar-refractivity contribution >= 4 is 11.6 Å². The van der Waals surface area contributed by atoms with Gasteiger partial charge in [0.1, 0.15) is 0 Å². The van der Waals surface area contributed by atoms with E-state index in [9.17, 15) is 20.0 Å². The molecule has 1 unspecified atom stereocenters. The van der Waals surface area contributed by atoms with Crippen molar-refractivity contribution in [3.63, 3.8) is 0 Å². The van der Waals surface area contributed by atoms with E-state index in [1.165, 1.54) is 18.2 Å². The second-order valence-corrected chi connectivity index (χ2v) is 6.03. The molecule has 0 fully saturated rings. The molecule has 0 aromatic heterocycles. The van der Waals surface area contributed by atoms with E-state index in [0.717, 1.165) is 0 Å². The fourth-order valence-corrected chi connectivity index (χ4v) is 2.33. The minimum absolute atomic E-state index is 0.0455. The summed E-state index contributed by atoms with van der Waals surface area (Å²) in [7, 11) is 0.